The van der Waals surface area contributed by atoms with Crippen LogP contribution in [0.5, 0.6) is 5.75 Å². The van der Waals surface area contributed by atoms with E-state index in [1.165, 1.54) is 0 Å². The topological polar surface area (TPSA) is 67.9 Å². The highest BCUT2D eigenvalue weighted by atomic mass is 16.5. The van der Waals surface area contributed by atoms with E-state index in [0.717, 1.165) is 6.42 Å². The fraction of sp³-hybridized carbons (Fsp3) is 0.529. The SMILES string of the molecule is CCC(C)NC(=O)c1cccc(OCC(=O)N2CCOCC2)c1. The van der Waals surface area contributed by atoms with E-state index in [0.29, 0.717) is 37.6 Å². The van der Waals surface area contributed by atoms with Gasteiger partial charge in [0.1, 0.15) is 5.75 Å². The van der Waals surface area contributed by atoms with Gasteiger partial charge in [-0.15, -0.1) is 0 Å². The summed E-state index contributed by atoms with van der Waals surface area (Å²) in [6.45, 7) is 6.27. The van der Waals surface area contributed by atoms with Crippen molar-refractivity contribution in [3.63, 3.8) is 0 Å². The lowest BCUT2D eigenvalue weighted by Crippen LogP contribution is -2.43. The van der Waals surface area contributed by atoms with Crippen LogP contribution >= 0.6 is 0 Å². The van der Waals surface area contributed by atoms with Gasteiger partial charge < -0.3 is 19.7 Å². The first-order valence-corrected chi connectivity index (χ1v) is 7.99. The van der Waals surface area contributed by atoms with Crippen LogP contribution in [0.3, 0.4) is 0 Å². The smallest absolute Gasteiger partial charge is 0.260 e. The van der Waals surface area contributed by atoms with Crippen molar-refractivity contribution in [2.45, 2.75) is 26.3 Å². The van der Waals surface area contributed by atoms with Gasteiger partial charge in [0.2, 0.25) is 0 Å². The predicted molar refractivity (Wildman–Crippen MR) is 86.6 cm³/mol. The molecule has 1 atom stereocenters. The Morgan fingerprint density at radius 2 is 2.09 bits per heavy atom. The maximum Gasteiger partial charge on any atom is 0.260 e. The minimum absolute atomic E-state index is 0.0313. The average molecular weight is 320 g/mol. The molecule has 0 aromatic heterocycles. The van der Waals surface area contributed by atoms with Gasteiger partial charge in [0.05, 0.1) is 13.2 Å². The number of nitrogens with zero attached hydrogens (tertiary/aromatic N) is 1. The summed E-state index contributed by atoms with van der Waals surface area (Å²) in [5.41, 5.74) is 0.529. The summed E-state index contributed by atoms with van der Waals surface area (Å²) in [5, 5.41) is 2.91. The van der Waals surface area contributed by atoms with Crippen LogP contribution in [0.4, 0.5) is 0 Å². The van der Waals surface area contributed by atoms with Crippen molar-refractivity contribution in [2.75, 3.05) is 32.9 Å². The van der Waals surface area contributed by atoms with Crippen molar-refractivity contribution in [3.05, 3.63) is 29.8 Å². The normalized spacial score (nSPS) is 15.8. The molecule has 0 aliphatic carbocycles. The van der Waals surface area contributed by atoms with Crippen molar-refractivity contribution in [1.82, 2.24) is 10.2 Å². The molecule has 126 valence electrons. The van der Waals surface area contributed by atoms with Crippen LogP contribution < -0.4 is 10.1 Å². The van der Waals surface area contributed by atoms with Gasteiger partial charge in [-0.1, -0.05) is 13.0 Å². The summed E-state index contributed by atoms with van der Waals surface area (Å²) in [5.74, 6) is 0.315. The molecular formula is C17H24N2O4. The van der Waals surface area contributed by atoms with Crippen LogP contribution in [0.2, 0.25) is 0 Å². The largest absolute Gasteiger partial charge is 0.484 e. The molecule has 1 aliphatic heterocycles. The Hall–Kier alpha value is -2.08. The quantitative estimate of drug-likeness (QED) is 0.861. The van der Waals surface area contributed by atoms with Crippen molar-refractivity contribution in [3.8, 4) is 5.75 Å². The Kier molecular flexibility index (Phi) is 6.40. The van der Waals surface area contributed by atoms with Gasteiger partial charge >= 0.3 is 0 Å². The second kappa shape index (κ2) is 8.53. The van der Waals surface area contributed by atoms with Gasteiger partial charge in [-0.2, -0.15) is 0 Å². The summed E-state index contributed by atoms with van der Waals surface area (Å²) < 4.78 is 10.7. The number of nitrogens with one attached hydrogen (secondary N) is 1. The highest BCUT2D eigenvalue weighted by Gasteiger charge is 2.17. The minimum Gasteiger partial charge on any atom is -0.484 e. The zero-order chi connectivity index (χ0) is 16.7. The van der Waals surface area contributed by atoms with Crippen molar-refractivity contribution in [1.29, 1.82) is 0 Å². The number of hydrogen-bond donors (Lipinski definition) is 1. The minimum atomic E-state index is -0.135. The third-order valence-corrected chi connectivity index (χ3v) is 3.81. The Balaban J connectivity index is 1.89. The maximum atomic E-state index is 12.1. The van der Waals surface area contributed by atoms with Gasteiger partial charge in [0, 0.05) is 24.7 Å². The molecule has 0 spiro atoms. The van der Waals surface area contributed by atoms with Crippen LogP contribution in [0, 0.1) is 0 Å². The van der Waals surface area contributed by atoms with Gasteiger partial charge in [0.15, 0.2) is 6.61 Å². The standard InChI is InChI=1S/C17H24N2O4/c1-3-13(2)18-17(21)14-5-4-6-15(11-14)23-12-16(20)19-7-9-22-10-8-19/h4-6,11,13H,3,7-10,12H2,1-2H3,(H,18,21). The van der Waals surface area contributed by atoms with Gasteiger partial charge in [-0.3, -0.25) is 9.59 Å². The summed E-state index contributed by atoms with van der Waals surface area (Å²) in [7, 11) is 0. The van der Waals surface area contributed by atoms with Crippen molar-refractivity contribution < 1.29 is 19.1 Å². The fourth-order valence-electron chi connectivity index (χ4n) is 2.19. The molecule has 1 unspecified atom stereocenters. The molecule has 23 heavy (non-hydrogen) atoms. The lowest BCUT2D eigenvalue weighted by atomic mass is 10.2. The number of amides is 2. The van der Waals surface area contributed by atoms with Gasteiger partial charge in [0.25, 0.3) is 11.8 Å². The zero-order valence-corrected chi connectivity index (χ0v) is 13.7. The van der Waals surface area contributed by atoms with Crippen LogP contribution in [0.15, 0.2) is 24.3 Å². The second-order valence-electron chi connectivity index (χ2n) is 5.59. The molecule has 2 rings (SSSR count). The lowest BCUT2D eigenvalue weighted by Gasteiger charge is -2.26. The summed E-state index contributed by atoms with van der Waals surface area (Å²) in [4.78, 5) is 25.9. The van der Waals surface area contributed by atoms with E-state index in [-0.39, 0.29) is 24.5 Å². The van der Waals surface area contributed by atoms with E-state index in [4.69, 9.17) is 9.47 Å². The molecule has 1 saturated heterocycles. The van der Waals surface area contributed by atoms with Crippen LogP contribution in [-0.2, 0) is 9.53 Å². The van der Waals surface area contributed by atoms with Crippen LogP contribution in [0.25, 0.3) is 0 Å². The van der Waals surface area contributed by atoms with E-state index in [2.05, 4.69) is 5.32 Å². The molecule has 1 aromatic carbocycles. The highest BCUT2D eigenvalue weighted by molar-refractivity contribution is 5.94. The third-order valence-electron chi connectivity index (χ3n) is 3.81. The van der Waals surface area contributed by atoms with E-state index < -0.39 is 0 Å². The highest BCUT2D eigenvalue weighted by Crippen LogP contribution is 2.14. The first kappa shape index (κ1) is 17.3. The first-order valence-electron chi connectivity index (χ1n) is 7.99. The Bertz CT molecular complexity index is 541. The third kappa shape index (κ3) is 5.25. The number of carbonyl (C=O) groups is 2. The molecule has 1 fully saturated rings. The van der Waals surface area contributed by atoms with Gasteiger partial charge in [-0.25, -0.2) is 0 Å². The van der Waals surface area contributed by atoms with Crippen LogP contribution in [0.1, 0.15) is 30.6 Å². The number of ether oxygens (including phenoxy) is 2. The second-order valence-corrected chi connectivity index (χ2v) is 5.59. The maximum absolute atomic E-state index is 12.1. The van der Waals surface area contributed by atoms with E-state index >= 15 is 0 Å². The molecule has 1 aromatic rings. The monoisotopic (exact) mass is 320 g/mol. The molecule has 1 aliphatic rings. The Morgan fingerprint density at radius 3 is 2.78 bits per heavy atom. The average Bonchev–Trinajstić information content (AvgIpc) is 2.60. The van der Waals surface area contributed by atoms with Gasteiger partial charge in [-0.05, 0) is 31.5 Å². The number of benzene rings is 1. The molecule has 6 heteroatoms. The van der Waals surface area contributed by atoms with Crippen molar-refractivity contribution >= 4 is 11.8 Å². The lowest BCUT2D eigenvalue weighted by molar-refractivity contribution is -0.137. The van der Waals surface area contributed by atoms with E-state index in [1.807, 2.05) is 13.8 Å². The summed E-state index contributed by atoms with van der Waals surface area (Å²) in [6, 6.07) is 7.00. The molecular weight excluding hydrogens is 296 g/mol. The summed E-state index contributed by atoms with van der Waals surface area (Å²) >= 11 is 0. The molecule has 6 nitrogen and oxygen atoms in total. The number of morpholine rings is 1. The van der Waals surface area contributed by atoms with E-state index in [1.54, 1.807) is 29.2 Å². The number of hydrogen-bond acceptors (Lipinski definition) is 4. The van der Waals surface area contributed by atoms with E-state index in [9.17, 15) is 9.59 Å². The Labute approximate surface area is 136 Å². The molecule has 0 saturated carbocycles. The zero-order valence-electron chi connectivity index (χ0n) is 13.7. The predicted octanol–water partition coefficient (Wildman–Crippen LogP) is 1.45. The first-order chi connectivity index (χ1) is 11.1. The number of rotatable bonds is 6. The Morgan fingerprint density at radius 1 is 1.35 bits per heavy atom. The fourth-order valence-corrected chi connectivity index (χ4v) is 2.19. The van der Waals surface area contributed by atoms with Crippen LogP contribution in [-0.4, -0.2) is 55.7 Å². The molecule has 1 heterocycles. The van der Waals surface area contributed by atoms with Crippen molar-refractivity contribution in [2.24, 2.45) is 0 Å². The molecule has 0 radical (unpaired) electrons. The molecule has 2 amide bonds. The number of carbonyl (C=O) groups excluding carboxylic acids is 2. The summed E-state index contributed by atoms with van der Waals surface area (Å²) in [6.07, 6.45) is 0.871. The molecule has 0 bridgehead atoms. The molecule has 1 N–H and O–H groups in total.